The zero-order valence-electron chi connectivity index (χ0n) is 13.6. The molecule has 124 valence electrons. The highest BCUT2D eigenvalue weighted by atomic mass is 16.1. The molecule has 0 unspecified atom stereocenters. The van der Waals surface area contributed by atoms with E-state index in [9.17, 15) is 4.79 Å². The van der Waals surface area contributed by atoms with E-state index in [1.807, 2.05) is 32.0 Å². The predicted octanol–water partition coefficient (Wildman–Crippen LogP) is 1.78. The molecule has 7 nitrogen and oxygen atoms in total. The lowest BCUT2D eigenvalue weighted by atomic mass is 10.1. The first-order valence-corrected chi connectivity index (χ1v) is 7.28. The lowest BCUT2D eigenvalue weighted by Gasteiger charge is -2.10. The van der Waals surface area contributed by atoms with Crippen molar-refractivity contribution in [2.45, 2.75) is 13.8 Å². The number of nitrogens with one attached hydrogen (secondary N) is 1. The molecule has 7 N–H and O–H groups in total. The fourth-order valence-corrected chi connectivity index (χ4v) is 2.09. The van der Waals surface area contributed by atoms with Crippen molar-refractivity contribution in [2.24, 2.45) is 27.2 Å². The van der Waals surface area contributed by atoms with Crippen molar-refractivity contribution in [3.63, 3.8) is 0 Å². The lowest BCUT2D eigenvalue weighted by Crippen LogP contribution is -2.26. The Bertz CT molecular complexity index is 822. The van der Waals surface area contributed by atoms with Gasteiger partial charge < -0.3 is 22.5 Å². The Morgan fingerprint density at radius 1 is 1.04 bits per heavy atom. The monoisotopic (exact) mass is 324 g/mol. The SMILES string of the molecule is Cc1cccc(NC(=O)c2cccc(N=C(N)N=C(N)N)c2)c1C. The van der Waals surface area contributed by atoms with Gasteiger partial charge in [-0.3, -0.25) is 4.79 Å². The fourth-order valence-electron chi connectivity index (χ4n) is 2.09. The van der Waals surface area contributed by atoms with Crippen LogP contribution in [0.2, 0.25) is 0 Å². The third-order valence-electron chi connectivity index (χ3n) is 3.45. The molecular formula is C17H20N6O. The van der Waals surface area contributed by atoms with Crippen molar-refractivity contribution in [3.05, 3.63) is 59.2 Å². The number of hydrogen-bond acceptors (Lipinski definition) is 2. The number of amides is 1. The number of nitrogens with two attached hydrogens (primary N) is 3. The molecular weight excluding hydrogens is 304 g/mol. The third kappa shape index (κ3) is 4.33. The second-order valence-corrected chi connectivity index (χ2v) is 5.26. The molecule has 0 aliphatic carbocycles. The maximum Gasteiger partial charge on any atom is 0.255 e. The van der Waals surface area contributed by atoms with Gasteiger partial charge in [-0.15, -0.1) is 0 Å². The highest BCUT2D eigenvalue weighted by molar-refractivity contribution is 6.05. The molecule has 2 aromatic rings. The van der Waals surface area contributed by atoms with Gasteiger partial charge in [-0.1, -0.05) is 18.2 Å². The van der Waals surface area contributed by atoms with Gasteiger partial charge >= 0.3 is 0 Å². The largest absolute Gasteiger partial charge is 0.370 e. The lowest BCUT2D eigenvalue weighted by molar-refractivity contribution is 0.102. The average Bonchev–Trinajstić information content (AvgIpc) is 2.51. The maximum atomic E-state index is 12.4. The van der Waals surface area contributed by atoms with Crippen molar-refractivity contribution in [2.75, 3.05) is 5.32 Å². The molecule has 7 heteroatoms. The molecule has 2 rings (SSSR count). The van der Waals surface area contributed by atoms with E-state index in [0.717, 1.165) is 16.8 Å². The van der Waals surface area contributed by atoms with Crippen molar-refractivity contribution in [1.29, 1.82) is 0 Å². The van der Waals surface area contributed by atoms with Gasteiger partial charge in [0.15, 0.2) is 5.96 Å². The van der Waals surface area contributed by atoms with Crippen molar-refractivity contribution >= 4 is 29.2 Å². The average molecular weight is 324 g/mol. The predicted molar refractivity (Wildman–Crippen MR) is 97.4 cm³/mol. The number of hydrogen-bond donors (Lipinski definition) is 4. The smallest absolute Gasteiger partial charge is 0.255 e. The highest BCUT2D eigenvalue weighted by Gasteiger charge is 2.09. The Morgan fingerprint density at radius 2 is 1.75 bits per heavy atom. The van der Waals surface area contributed by atoms with Crippen LogP contribution in [0.4, 0.5) is 11.4 Å². The number of guanidine groups is 2. The van der Waals surface area contributed by atoms with Gasteiger partial charge in [0.2, 0.25) is 5.96 Å². The fraction of sp³-hybridized carbons (Fsp3) is 0.118. The zero-order chi connectivity index (χ0) is 17.7. The number of anilines is 1. The third-order valence-corrected chi connectivity index (χ3v) is 3.45. The molecule has 0 fully saturated rings. The summed E-state index contributed by atoms with van der Waals surface area (Å²) < 4.78 is 0. The first kappa shape index (κ1) is 17.0. The van der Waals surface area contributed by atoms with E-state index in [2.05, 4.69) is 15.3 Å². The van der Waals surface area contributed by atoms with Gasteiger partial charge in [-0.05, 0) is 49.2 Å². The van der Waals surface area contributed by atoms with Crippen LogP contribution >= 0.6 is 0 Å². The van der Waals surface area contributed by atoms with E-state index in [-0.39, 0.29) is 17.8 Å². The highest BCUT2D eigenvalue weighted by Crippen LogP contribution is 2.20. The summed E-state index contributed by atoms with van der Waals surface area (Å²) in [5.74, 6) is -0.497. The molecule has 1 amide bonds. The quantitative estimate of drug-likeness (QED) is 0.506. The minimum absolute atomic E-state index is 0.0814. The second-order valence-electron chi connectivity index (χ2n) is 5.26. The van der Waals surface area contributed by atoms with Gasteiger partial charge in [0.1, 0.15) is 0 Å². The minimum atomic E-state index is -0.235. The molecule has 0 heterocycles. The first-order valence-electron chi connectivity index (χ1n) is 7.28. The molecule has 0 radical (unpaired) electrons. The van der Waals surface area contributed by atoms with Crippen LogP contribution in [0.25, 0.3) is 0 Å². The molecule has 0 saturated heterocycles. The van der Waals surface area contributed by atoms with Crippen LogP contribution in [0, 0.1) is 13.8 Å². The Balaban J connectivity index is 2.23. The summed E-state index contributed by atoms with van der Waals surface area (Å²) in [5, 5.41) is 2.89. The molecule has 2 aromatic carbocycles. The van der Waals surface area contributed by atoms with Crippen LogP contribution in [-0.4, -0.2) is 17.8 Å². The Kier molecular flexibility index (Phi) is 5.16. The Hall–Kier alpha value is -3.35. The van der Waals surface area contributed by atoms with Gasteiger partial charge in [0.25, 0.3) is 5.91 Å². The molecule has 0 bridgehead atoms. The molecule has 0 spiro atoms. The zero-order valence-corrected chi connectivity index (χ0v) is 13.6. The molecule has 24 heavy (non-hydrogen) atoms. The number of carbonyl (C=O) groups is 1. The summed E-state index contributed by atoms with van der Waals surface area (Å²) in [5.41, 5.74) is 19.9. The van der Waals surface area contributed by atoms with Gasteiger partial charge in [0, 0.05) is 11.3 Å². The summed E-state index contributed by atoms with van der Waals surface area (Å²) in [4.78, 5) is 20.1. The molecule has 0 aliphatic heterocycles. The number of carbonyl (C=O) groups excluding carboxylic acids is 1. The van der Waals surface area contributed by atoms with Crippen LogP contribution in [0.15, 0.2) is 52.4 Å². The summed E-state index contributed by atoms with van der Waals surface area (Å²) in [6.45, 7) is 3.95. The summed E-state index contributed by atoms with van der Waals surface area (Å²) in [6.07, 6.45) is 0. The first-order chi connectivity index (χ1) is 11.4. The van der Waals surface area contributed by atoms with E-state index < -0.39 is 0 Å². The summed E-state index contributed by atoms with van der Waals surface area (Å²) in [7, 11) is 0. The van der Waals surface area contributed by atoms with Crippen molar-refractivity contribution < 1.29 is 4.79 Å². The van der Waals surface area contributed by atoms with Gasteiger partial charge in [-0.2, -0.15) is 4.99 Å². The Morgan fingerprint density at radius 3 is 2.46 bits per heavy atom. The van der Waals surface area contributed by atoms with E-state index in [1.54, 1.807) is 24.3 Å². The molecule has 0 saturated carbocycles. The number of rotatable bonds is 3. The van der Waals surface area contributed by atoms with E-state index in [0.29, 0.717) is 11.3 Å². The van der Waals surface area contributed by atoms with Gasteiger partial charge in [0.05, 0.1) is 5.69 Å². The van der Waals surface area contributed by atoms with Gasteiger partial charge in [-0.25, -0.2) is 4.99 Å². The number of aryl methyl sites for hydroxylation is 1. The normalized spacial score (nSPS) is 11.0. The number of nitrogens with zero attached hydrogens (tertiary/aromatic N) is 2. The minimum Gasteiger partial charge on any atom is -0.370 e. The Labute approximate surface area is 140 Å². The summed E-state index contributed by atoms with van der Waals surface area (Å²) >= 11 is 0. The molecule has 0 atom stereocenters. The van der Waals surface area contributed by atoms with E-state index in [4.69, 9.17) is 17.2 Å². The number of benzene rings is 2. The summed E-state index contributed by atoms with van der Waals surface area (Å²) in [6, 6.07) is 12.5. The number of aliphatic imine (C=N–C) groups is 2. The maximum absolute atomic E-state index is 12.4. The van der Waals surface area contributed by atoms with E-state index >= 15 is 0 Å². The van der Waals surface area contributed by atoms with Crippen LogP contribution in [0.1, 0.15) is 21.5 Å². The molecule has 0 aromatic heterocycles. The van der Waals surface area contributed by atoms with Crippen molar-refractivity contribution in [3.8, 4) is 0 Å². The topological polar surface area (TPSA) is 132 Å². The van der Waals surface area contributed by atoms with Crippen LogP contribution in [-0.2, 0) is 0 Å². The molecule has 0 aliphatic rings. The standard InChI is InChI=1S/C17H20N6O/c1-10-5-3-8-14(11(10)2)22-15(24)12-6-4-7-13(9-12)21-17(20)23-16(18)19/h3-9H,1-2H3,(H,22,24)(H6,18,19,20,21,23). The van der Waals surface area contributed by atoms with Crippen LogP contribution in [0.5, 0.6) is 0 Å². The van der Waals surface area contributed by atoms with E-state index in [1.165, 1.54) is 0 Å². The van der Waals surface area contributed by atoms with Crippen LogP contribution in [0.3, 0.4) is 0 Å². The van der Waals surface area contributed by atoms with Crippen LogP contribution < -0.4 is 22.5 Å². The second kappa shape index (κ2) is 7.28. The van der Waals surface area contributed by atoms with Crippen molar-refractivity contribution in [1.82, 2.24) is 0 Å².